The van der Waals surface area contributed by atoms with Crippen LogP contribution >= 0.6 is 0 Å². The monoisotopic (exact) mass is 141 g/mol. The van der Waals surface area contributed by atoms with Gasteiger partial charge in [-0.25, -0.2) is 0 Å². The molecule has 0 radical (unpaired) electrons. The maximum Gasteiger partial charge on any atom is 0.0936 e. The number of nitrogens with zero attached hydrogens (tertiary/aromatic N) is 1. The van der Waals surface area contributed by atoms with E-state index in [1.165, 1.54) is 19.6 Å². The van der Waals surface area contributed by atoms with Gasteiger partial charge in [0.2, 0.25) is 0 Å². The molecular weight excluding hydrogens is 126 g/mol. The van der Waals surface area contributed by atoms with Crippen LogP contribution in [0.15, 0.2) is 0 Å². The Morgan fingerprint density at radius 1 is 1.50 bits per heavy atom. The molecule has 0 unspecified atom stereocenters. The predicted octanol–water partition coefficient (Wildman–Crippen LogP) is 0.727. The maximum absolute atomic E-state index is 5.14. The first-order valence-corrected chi connectivity index (χ1v) is 4.00. The van der Waals surface area contributed by atoms with Gasteiger partial charge in [-0.05, 0) is 5.41 Å². The standard InChI is InChI=1S/C8H15NO/c1-8(2)5-9(6-8)3-7-4-10-7/h7H,3-6H2,1-2H3/t7-/m1/s1. The quantitative estimate of drug-likeness (QED) is 0.527. The Morgan fingerprint density at radius 3 is 2.50 bits per heavy atom. The molecule has 2 fully saturated rings. The topological polar surface area (TPSA) is 15.8 Å². The van der Waals surface area contributed by atoms with Crippen molar-refractivity contribution in [2.24, 2.45) is 5.41 Å². The molecule has 2 aliphatic rings. The molecule has 0 aromatic heterocycles. The highest BCUT2D eigenvalue weighted by Crippen LogP contribution is 2.29. The van der Waals surface area contributed by atoms with E-state index < -0.39 is 0 Å². The Kier molecular flexibility index (Phi) is 1.29. The van der Waals surface area contributed by atoms with E-state index in [2.05, 4.69) is 18.7 Å². The largest absolute Gasteiger partial charge is 0.372 e. The Balaban J connectivity index is 1.69. The van der Waals surface area contributed by atoms with Gasteiger partial charge >= 0.3 is 0 Å². The summed E-state index contributed by atoms with van der Waals surface area (Å²) in [6.45, 7) is 9.31. The average molecular weight is 141 g/mol. The van der Waals surface area contributed by atoms with Crippen molar-refractivity contribution >= 4 is 0 Å². The van der Waals surface area contributed by atoms with Gasteiger partial charge in [0, 0.05) is 19.6 Å². The summed E-state index contributed by atoms with van der Waals surface area (Å²) in [7, 11) is 0. The summed E-state index contributed by atoms with van der Waals surface area (Å²) in [5, 5.41) is 0. The average Bonchev–Trinajstić information content (AvgIpc) is 2.44. The van der Waals surface area contributed by atoms with Gasteiger partial charge in [-0.3, -0.25) is 4.90 Å². The fraction of sp³-hybridized carbons (Fsp3) is 1.00. The lowest BCUT2D eigenvalue weighted by Crippen LogP contribution is -2.53. The van der Waals surface area contributed by atoms with Gasteiger partial charge in [0.25, 0.3) is 0 Å². The molecule has 0 spiro atoms. The minimum atomic E-state index is 0.578. The predicted molar refractivity (Wildman–Crippen MR) is 40.0 cm³/mol. The van der Waals surface area contributed by atoms with Crippen molar-refractivity contribution in [3.05, 3.63) is 0 Å². The van der Waals surface area contributed by atoms with Crippen LogP contribution in [0.3, 0.4) is 0 Å². The van der Waals surface area contributed by atoms with Crippen LogP contribution in [0.25, 0.3) is 0 Å². The van der Waals surface area contributed by atoms with Gasteiger partial charge in [-0.15, -0.1) is 0 Å². The summed E-state index contributed by atoms with van der Waals surface area (Å²) in [5.74, 6) is 0. The van der Waals surface area contributed by atoms with Crippen molar-refractivity contribution in [3.8, 4) is 0 Å². The minimum absolute atomic E-state index is 0.578. The molecule has 2 rings (SSSR count). The fourth-order valence-corrected chi connectivity index (χ4v) is 1.75. The second-order valence-corrected chi connectivity index (χ2v) is 4.29. The van der Waals surface area contributed by atoms with Gasteiger partial charge in [0.05, 0.1) is 12.7 Å². The van der Waals surface area contributed by atoms with Crippen molar-refractivity contribution in [2.45, 2.75) is 20.0 Å². The fourth-order valence-electron chi connectivity index (χ4n) is 1.75. The van der Waals surface area contributed by atoms with Crippen LogP contribution in [0.5, 0.6) is 0 Å². The molecule has 2 nitrogen and oxygen atoms in total. The highest BCUT2D eigenvalue weighted by Gasteiger charge is 2.37. The van der Waals surface area contributed by atoms with Gasteiger partial charge in [-0.1, -0.05) is 13.8 Å². The SMILES string of the molecule is CC1(C)CN(C[C@@H]2CO2)C1. The maximum atomic E-state index is 5.14. The molecule has 0 aliphatic carbocycles. The van der Waals surface area contributed by atoms with E-state index in [1.807, 2.05) is 0 Å². The molecule has 0 saturated carbocycles. The lowest BCUT2D eigenvalue weighted by molar-refractivity contribution is 0.0260. The van der Waals surface area contributed by atoms with Crippen LogP contribution in [0.4, 0.5) is 0 Å². The van der Waals surface area contributed by atoms with Crippen molar-refractivity contribution in [1.29, 1.82) is 0 Å². The smallest absolute Gasteiger partial charge is 0.0936 e. The number of rotatable bonds is 2. The number of hydrogen-bond acceptors (Lipinski definition) is 2. The molecule has 2 heteroatoms. The normalized spacial score (nSPS) is 37.2. The van der Waals surface area contributed by atoms with E-state index in [0.29, 0.717) is 11.5 Å². The zero-order valence-electron chi connectivity index (χ0n) is 6.76. The van der Waals surface area contributed by atoms with Crippen LogP contribution in [0, 0.1) is 5.41 Å². The summed E-state index contributed by atoms with van der Waals surface area (Å²) in [6, 6.07) is 0. The summed E-state index contributed by atoms with van der Waals surface area (Å²) in [6.07, 6.45) is 0.580. The van der Waals surface area contributed by atoms with Crippen LogP contribution < -0.4 is 0 Å². The van der Waals surface area contributed by atoms with E-state index in [4.69, 9.17) is 4.74 Å². The third kappa shape index (κ3) is 1.32. The first-order valence-electron chi connectivity index (χ1n) is 4.00. The third-order valence-electron chi connectivity index (χ3n) is 2.17. The number of ether oxygens (including phenoxy) is 1. The zero-order chi connectivity index (χ0) is 7.19. The van der Waals surface area contributed by atoms with Gasteiger partial charge < -0.3 is 4.74 Å². The van der Waals surface area contributed by atoms with Crippen molar-refractivity contribution in [1.82, 2.24) is 4.90 Å². The van der Waals surface area contributed by atoms with E-state index in [9.17, 15) is 0 Å². The van der Waals surface area contributed by atoms with Crippen molar-refractivity contribution in [2.75, 3.05) is 26.2 Å². The third-order valence-corrected chi connectivity index (χ3v) is 2.17. The van der Waals surface area contributed by atoms with Crippen LogP contribution in [-0.2, 0) is 4.74 Å². The van der Waals surface area contributed by atoms with Crippen LogP contribution in [0.2, 0.25) is 0 Å². The van der Waals surface area contributed by atoms with Crippen molar-refractivity contribution < 1.29 is 4.74 Å². The Bertz CT molecular complexity index is 129. The number of epoxide rings is 1. The lowest BCUT2D eigenvalue weighted by Gasteiger charge is -2.45. The highest BCUT2D eigenvalue weighted by molar-refractivity contribution is 4.90. The summed E-state index contributed by atoms with van der Waals surface area (Å²) in [4.78, 5) is 2.47. The van der Waals surface area contributed by atoms with E-state index in [-0.39, 0.29) is 0 Å². The molecule has 1 atom stereocenters. The first-order chi connectivity index (χ1) is 4.66. The number of hydrogen-bond donors (Lipinski definition) is 0. The van der Waals surface area contributed by atoms with Crippen LogP contribution in [0.1, 0.15) is 13.8 Å². The molecular formula is C8H15NO. The Labute approximate surface area is 62.2 Å². The second-order valence-electron chi connectivity index (χ2n) is 4.29. The molecule has 0 N–H and O–H groups in total. The molecule has 0 aromatic rings. The highest BCUT2D eigenvalue weighted by atomic mass is 16.6. The Hall–Kier alpha value is -0.0800. The zero-order valence-corrected chi connectivity index (χ0v) is 6.76. The minimum Gasteiger partial charge on any atom is -0.372 e. The summed E-state index contributed by atoms with van der Waals surface area (Å²) >= 11 is 0. The van der Waals surface area contributed by atoms with E-state index in [0.717, 1.165) is 6.61 Å². The van der Waals surface area contributed by atoms with Crippen molar-refractivity contribution in [3.63, 3.8) is 0 Å². The Morgan fingerprint density at radius 2 is 2.10 bits per heavy atom. The second kappa shape index (κ2) is 1.95. The van der Waals surface area contributed by atoms with Crippen LogP contribution in [-0.4, -0.2) is 37.2 Å². The molecule has 2 saturated heterocycles. The lowest BCUT2D eigenvalue weighted by atomic mass is 9.84. The van der Waals surface area contributed by atoms with Gasteiger partial charge in [0.1, 0.15) is 0 Å². The molecule has 0 bridgehead atoms. The van der Waals surface area contributed by atoms with E-state index in [1.54, 1.807) is 0 Å². The molecule has 0 aromatic carbocycles. The first kappa shape index (κ1) is 6.62. The van der Waals surface area contributed by atoms with Gasteiger partial charge in [0.15, 0.2) is 0 Å². The molecule has 2 aliphatic heterocycles. The molecule has 58 valence electrons. The van der Waals surface area contributed by atoms with E-state index >= 15 is 0 Å². The van der Waals surface area contributed by atoms with Gasteiger partial charge in [-0.2, -0.15) is 0 Å². The summed E-state index contributed by atoms with van der Waals surface area (Å²) in [5.41, 5.74) is 0.578. The molecule has 0 amide bonds. The number of likely N-dealkylation sites (tertiary alicyclic amines) is 1. The summed E-state index contributed by atoms with van der Waals surface area (Å²) < 4.78 is 5.14. The molecule has 10 heavy (non-hydrogen) atoms. The molecule has 2 heterocycles.